The Morgan fingerprint density at radius 1 is 1.22 bits per heavy atom. The molecule has 1 aromatic rings. The number of benzene rings is 1. The smallest absolute Gasteiger partial charge is 0.123 e. The van der Waals surface area contributed by atoms with Crippen molar-refractivity contribution in [2.24, 2.45) is 0 Å². The van der Waals surface area contributed by atoms with Gasteiger partial charge in [-0.15, -0.1) is 8.93 Å². The second-order valence-electron chi connectivity index (χ2n) is 1.65. The summed E-state index contributed by atoms with van der Waals surface area (Å²) in [4.78, 5) is 0. The van der Waals surface area contributed by atoms with E-state index in [0.29, 0.717) is 8.27 Å². The second kappa shape index (κ2) is 3.25. The minimum atomic E-state index is -0.165. The Kier molecular flexibility index (Phi) is 2.57. The van der Waals surface area contributed by atoms with Gasteiger partial charge in [-0.1, -0.05) is 20.4 Å². The van der Waals surface area contributed by atoms with E-state index in [0.717, 1.165) is 0 Å². The zero-order chi connectivity index (χ0) is 6.69. The van der Waals surface area contributed by atoms with Gasteiger partial charge in [0, 0.05) is 0 Å². The number of rotatable bonds is 1. The molecule has 0 nitrogen and oxygen atoms in total. The Hall–Kier alpha value is 0.01000. The number of halogens is 1. The number of hydrogen-bond donors (Lipinski definition) is 0. The lowest BCUT2D eigenvalue weighted by Gasteiger charge is -1.92. The molecule has 3 heteroatoms. The topological polar surface area (TPSA) is 0 Å². The van der Waals surface area contributed by atoms with Crippen molar-refractivity contribution < 1.29 is 4.39 Å². The van der Waals surface area contributed by atoms with Crippen LogP contribution in [-0.4, -0.2) is 0 Å². The molecule has 0 saturated carbocycles. The van der Waals surface area contributed by atoms with Gasteiger partial charge in [0.1, 0.15) is 5.82 Å². The van der Waals surface area contributed by atoms with Crippen LogP contribution in [0.25, 0.3) is 0 Å². The first-order valence-electron chi connectivity index (χ1n) is 2.55. The zero-order valence-electron chi connectivity index (χ0n) is 4.76. The van der Waals surface area contributed by atoms with Crippen molar-refractivity contribution in [2.45, 2.75) is 0 Å². The van der Waals surface area contributed by atoms with Gasteiger partial charge < -0.3 is 0 Å². The molecule has 0 saturated heterocycles. The van der Waals surface area contributed by atoms with E-state index in [2.05, 4.69) is 8.93 Å². The van der Waals surface area contributed by atoms with Crippen molar-refractivity contribution >= 4 is 22.5 Å². The lowest BCUT2D eigenvalue weighted by molar-refractivity contribution is 0.628. The predicted molar refractivity (Wildman–Crippen MR) is 44.1 cm³/mol. The van der Waals surface area contributed by atoms with E-state index in [1.165, 1.54) is 17.4 Å². The van der Waals surface area contributed by atoms with Crippen LogP contribution < -0.4 is 5.30 Å². The normalized spacial score (nSPS) is 10.9. The highest BCUT2D eigenvalue weighted by molar-refractivity contribution is 8.06. The van der Waals surface area contributed by atoms with E-state index in [9.17, 15) is 4.39 Å². The molecular weight excluding hydrogens is 153 g/mol. The molecule has 0 N–H and O–H groups in total. The van der Waals surface area contributed by atoms with Crippen LogP contribution >= 0.6 is 17.2 Å². The highest BCUT2D eigenvalue weighted by Gasteiger charge is 1.87. The SMILES string of the molecule is Fc1ccc(PP)cc1. The summed E-state index contributed by atoms with van der Waals surface area (Å²) in [7, 11) is 3.29. The predicted octanol–water partition coefficient (Wildman–Crippen LogP) is 1.92. The molecule has 0 radical (unpaired) electrons. The van der Waals surface area contributed by atoms with Crippen LogP contribution in [0.1, 0.15) is 0 Å². The Bertz CT molecular complexity index is 183. The van der Waals surface area contributed by atoms with Gasteiger partial charge in [0.25, 0.3) is 0 Å². The van der Waals surface area contributed by atoms with Gasteiger partial charge in [-0.05, 0) is 17.4 Å². The van der Waals surface area contributed by atoms with Crippen molar-refractivity contribution in [3.8, 4) is 0 Å². The van der Waals surface area contributed by atoms with Crippen LogP contribution in [0.3, 0.4) is 0 Å². The summed E-state index contributed by atoms with van der Waals surface area (Å²) >= 11 is 0. The fraction of sp³-hybridized carbons (Fsp3) is 0. The average molecular weight is 160 g/mol. The van der Waals surface area contributed by atoms with Gasteiger partial charge in [-0.25, -0.2) is 4.39 Å². The summed E-state index contributed by atoms with van der Waals surface area (Å²) in [6.07, 6.45) is 0. The summed E-state index contributed by atoms with van der Waals surface area (Å²) in [6.45, 7) is 0. The molecule has 0 aromatic heterocycles. The maximum Gasteiger partial charge on any atom is 0.123 e. The molecule has 0 aliphatic heterocycles. The summed E-state index contributed by atoms with van der Waals surface area (Å²) in [5, 5.41) is 1.17. The molecule has 0 amide bonds. The Labute approximate surface area is 57.7 Å². The third kappa shape index (κ3) is 2.01. The second-order valence-corrected chi connectivity index (χ2v) is 3.38. The lowest BCUT2D eigenvalue weighted by Crippen LogP contribution is -1.88. The van der Waals surface area contributed by atoms with Gasteiger partial charge in [-0.3, -0.25) is 0 Å². The largest absolute Gasteiger partial charge is 0.207 e. The molecule has 9 heavy (non-hydrogen) atoms. The first kappa shape index (κ1) is 7.12. The lowest BCUT2D eigenvalue weighted by atomic mass is 10.4. The first-order chi connectivity index (χ1) is 4.33. The van der Waals surface area contributed by atoms with Crippen LogP contribution in [-0.2, 0) is 0 Å². The number of hydrogen-bond acceptors (Lipinski definition) is 0. The van der Waals surface area contributed by atoms with Crippen molar-refractivity contribution in [3.63, 3.8) is 0 Å². The Morgan fingerprint density at radius 2 is 1.78 bits per heavy atom. The van der Waals surface area contributed by atoms with Crippen molar-refractivity contribution in [1.82, 2.24) is 0 Å². The third-order valence-electron chi connectivity index (χ3n) is 1.01. The van der Waals surface area contributed by atoms with Crippen molar-refractivity contribution in [3.05, 3.63) is 30.1 Å². The molecule has 2 unspecified atom stereocenters. The van der Waals surface area contributed by atoms with Crippen LogP contribution in [0.4, 0.5) is 4.39 Å². The maximum absolute atomic E-state index is 12.2. The fourth-order valence-electron chi connectivity index (χ4n) is 0.546. The van der Waals surface area contributed by atoms with Crippen molar-refractivity contribution in [1.29, 1.82) is 0 Å². The highest BCUT2D eigenvalue weighted by Crippen LogP contribution is 2.18. The van der Waals surface area contributed by atoms with Gasteiger partial charge in [0.15, 0.2) is 0 Å². The quantitative estimate of drug-likeness (QED) is 0.550. The zero-order valence-corrected chi connectivity index (χ0v) is 6.92. The first-order valence-corrected chi connectivity index (χ1v) is 5.36. The van der Waals surface area contributed by atoms with E-state index >= 15 is 0 Å². The molecule has 0 aliphatic rings. The summed E-state index contributed by atoms with van der Waals surface area (Å²) in [6, 6.07) is 6.54. The molecule has 0 bridgehead atoms. The maximum atomic E-state index is 12.2. The summed E-state index contributed by atoms with van der Waals surface area (Å²) < 4.78 is 12.2. The molecule has 0 spiro atoms. The van der Waals surface area contributed by atoms with Crippen LogP contribution in [0.2, 0.25) is 0 Å². The minimum absolute atomic E-state index is 0.165. The average Bonchev–Trinajstić information content (AvgIpc) is 1.90. The van der Waals surface area contributed by atoms with Gasteiger partial charge in [0.05, 0.1) is 0 Å². The van der Waals surface area contributed by atoms with Crippen LogP contribution in [0.15, 0.2) is 24.3 Å². The standard InChI is InChI=1S/C6H7FP2/c7-5-1-3-6(9-8)4-2-5/h1-4,9H,8H2. The summed E-state index contributed by atoms with van der Waals surface area (Å²) in [5.74, 6) is -0.165. The van der Waals surface area contributed by atoms with E-state index in [-0.39, 0.29) is 5.82 Å². The van der Waals surface area contributed by atoms with Crippen molar-refractivity contribution in [2.75, 3.05) is 0 Å². The van der Waals surface area contributed by atoms with E-state index in [1.807, 2.05) is 0 Å². The van der Waals surface area contributed by atoms with Gasteiger partial charge in [-0.2, -0.15) is 0 Å². The highest BCUT2D eigenvalue weighted by atomic mass is 32.0. The Morgan fingerprint density at radius 3 is 2.22 bits per heavy atom. The molecule has 1 aromatic carbocycles. The van der Waals surface area contributed by atoms with Crippen LogP contribution in [0, 0.1) is 5.82 Å². The monoisotopic (exact) mass is 160 g/mol. The molecule has 48 valence electrons. The van der Waals surface area contributed by atoms with Crippen LogP contribution in [0.5, 0.6) is 0 Å². The minimum Gasteiger partial charge on any atom is -0.207 e. The van der Waals surface area contributed by atoms with Gasteiger partial charge in [0.2, 0.25) is 0 Å². The Balaban J connectivity index is 2.88. The summed E-state index contributed by atoms with van der Waals surface area (Å²) in [5.41, 5.74) is 0. The molecule has 2 atom stereocenters. The van der Waals surface area contributed by atoms with Gasteiger partial charge >= 0.3 is 0 Å². The fourth-order valence-corrected chi connectivity index (χ4v) is 1.48. The molecule has 0 heterocycles. The molecule has 1 rings (SSSR count). The van der Waals surface area contributed by atoms with E-state index in [4.69, 9.17) is 0 Å². The van der Waals surface area contributed by atoms with E-state index < -0.39 is 0 Å². The van der Waals surface area contributed by atoms with E-state index in [1.54, 1.807) is 12.1 Å². The third-order valence-corrected chi connectivity index (χ3v) is 2.68. The molecule has 0 aliphatic carbocycles. The molecular formula is C6H7FP2. The molecule has 0 fully saturated rings.